The van der Waals surface area contributed by atoms with Crippen LogP contribution in [0.1, 0.15) is 37.3 Å². The Morgan fingerprint density at radius 1 is 1.20 bits per heavy atom. The van der Waals surface area contributed by atoms with Crippen LogP contribution in [0.4, 0.5) is 15.8 Å². The Morgan fingerprint density at radius 2 is 1.97 bits per heavy atom. The minimum atomic E-state index is -0.217. The highest BCUT2D eigenvalue weighted by Gasteiger charge is 2.24. The van der Waals surface area contributed by atoms with Crippen LogP contribution in [-0.4, -0.2) is 38.5 Å². The number of carbonyl (C=O) groups excluding carboxylic acids is 1. The second kappa shape index (κ2) is 10.1. The van der Waals surface area contributed by atoms with Gasteiger partial charge in [-0.15, -0.1) is 0 Å². The monoisotopic (exact) mass is 411 g/mol. The molecule has 0 radical (unpaired) electrons. The van der Waals surface area contributed by atoms with Gasteiger partial charge in [0.05, 0.1) is 5.69 Å². The van der Waals surface area contributed by atoms with Crippen molar-refractivity contribution in [3.05, 3.63) is 59.4 Å². The molecular formula is C23H30FN5O. The van der Waals surface area contributed by atoms with E-state index in [1.807, 2.05) is 55.1 Å². The molecule has 2 aromatic carbocycles. The Balaban J connectivity index is 1.58. The number of fused-ring (bicyclic) bond motifs is 1. The highest BCUT2D eigenvalue weighted by molar-refractivity contribution is 5.94. The van der Waals surface area contributed by atoms with Gasteiger partial charge < -0.3 is 20.9 Å². The van der Waals surface area contributed by atoms with Crippen molar-refractivity contribution < 1.29 is 9.18 Å². The molecule has 0 saturated carbocycles. The molecule has 1 heterocycles. The Bertz CT molecular complexity index is 910. The molecule has 0 saturated heterocycles. The highest BCUT2D eigenvalue weighted by Crippen LogP contribution is 2.31. The van der Waals surface area contributed by atoms with E-state index in [0.29, 0.717) is 31.2 Å². The Hall–Kier alpha value is -3.09. The van der Waals surface area contributed by atoms with E-state index in [9.17, 15) is 9.18 Å². The molecule has 1 atom stereocenters. The van der Waals surface area contributed by atoms with E-state index in [4.69, 9.17) is 0 Å². The molecule has 6 nitrogen and oxygen atoms in total. The van der Waals surface area contributed by atoms with E-state index >= 15 is 0 Å². The predicted octanol–water partition coefficient (Wildman–Crippen LogP) is 3.46. The highest BCUT2D eigenvalue weighted by atomic mass is 19.1. The summed E-state index contributed by atoms with van der Waals surface area (Å²) in [6.45, 7) is 6.61. The number of hydrogen-bond donors (Lipinski definition) is 3. The first kappa shape index (κ1) is 21.6. The number of guanidine groups is 1. The van der Waals surface area contributed by atoms with Crippen molar-refractivity contribution in [3.8, 4) is 0 Å². The standard InChI is InChI=1S/C23H30FN5O/c1-4-29(5-2)21-11-10-16(12-19(21)24)14-26-23(25-3)27-15-17-13-22(30)28-20-9-7-6-8-18(17)20/h6-12,17H,4-5,13-15H2,1-3H3,(H,28,30)(H2,25,26,27). The van der Waals surface area contributed by atoms with Crippen LogP contribution in [0.5, 0.6) is 0 Å². The number of anilines is 2. The van der Waals surface area contributed by atoms with Crippen LogP contribution in [-0.2, 0) is 11.3 Å². The molecule has 0 bridgehead atoms. The zero-order chi connectivity index (χ0) is 21.5. The van der Waals surface area contributed by atoms with Crippen molar-refractivity contribution in [2.24, 2.45) is 4.99 Å². The summed E-state index contributed by atoms with van der Waals surface area (Å²) in [6, 6.07) is 13.2. The van der Waals surface area contributed by atoms with Gasteiger partial charge in [-0.2, -0.15) is 0 Å². The first-order valence-corrected chi connectivity index (χ1v) is 10.4. The lowest BCUT2D eigenvalue weighted by Gasteiger charge is -2.26. The molecule has 0 fully saturated rings. The number of benzene rings is 2. The fourth-order valence-electron chi connectivity index (χ4n) is 3.79. The fraction of sp³-hybridized carbons (Fsp3) is 0.391. The first-order valence-electron chi connectivity index (χ1n) is 10.4. The van der Waals surface area contributed by atoms with E-state index < -0.39 is 0 Å². The minimum Gasteiger partial charge on any atom is -0.370 e. The van der Waals surface area contributed by atoms with Crippen LogP contribution < -0.4 is 20.9 Å². The lowest BCUT2D eigenvalue weighted by atomic mass is 9.90. The predicted molar refractivity (Wildman–Crippen MR) is 121 cm³/mol. The van der Waals surface area contributed by atoms with Crippen LogP contribution >= 0.6 is 0 Å². The molecule has 30 heavy (non-hydrogen) atoms. The van der Waals surface area contributed by atoms with E-state index in [1.54, 1.807) is 13.1 Å². The van der Waals surface area contributed by atoms with Crippen molar-refractivity contribution in [1.82, 2.24) is 10.6 Å². The van der Waals surface area contributed by atoms with Crippen molar-refractivity contribution in [1.29, 1.82) is 0 Å². The number of aliphatic imine (C=N–C) groups is 1. The van der Waals surface area contributed by atoms with Gasteiger partial charge in [-0.3, -0.25) is 9.79 Å². The second-order valence-corrected chi connectivity index (χ2v) is 7.30. The summed E-state index contributed by atoms with van der Waals surface area (Å²) in [5.41, 5.74) is 3.45. The van der Waals surface area contributed by atoms with E-state index in [1.165, 1.54) is 0 Å². The van der Waals surface area contributed by atoms with Gasteiger partial charge >= 0.3 is 0 Å². The lowest BCUT2D eigenvalue weighted by Crippen LogP contribution is -2.40. The number of carbonyl (C=O) groups is 1. The molecular weight excluding hydrogens is 381 g/mol. The molecule has 0 aliphatic carbocycles. The molecule has 3 rings (SSSR count). The van der Waals surface area contributed by atoms with Gasteiger partial charge in [0.25, 0.3) is 0 Å². The van der Waals surface area contributed by atoms with Gasteiger partial charge in [0, 0.05) is 51.3 Å². The van der Waals surface area contributed by atoms with Crippen LogP contribution in [0.25, 0.3) is 0 Å². The molecule has 2 aromatic rings. The van der Waals surface area contributed by atoms with Gasteiger partial charge in [-0.1, -0.05) is 24.3 Å². The summed E-state index contributed by atoms with van der Waals surface area (Å²) in [7, 11) is 1.70. The zero-order valence-electron chi connectivity index (χ0n) is 17.8. The normalized spacial score (nSPS) is 15.9. The number of para-hydroxylation sites is 1. The molecule has 1 amide bonds. The van der Waals surface area contributed by atoms with Crippen LogP contribution in [0, 0.1) is 5.82 Å². The molecule has 0 aromatic heterocycles. The summed E-state index contributed by atoms with van der Waals surface area (Å²) in [5.74, 6) is 0.490. The van der Waals surface area contributed by atoms with Crippen molar-refractivity contribution in [2.45, 2.75) is 32.7 Å². The largest absolute Gasteiger partial charge is 0.370 e. The molecule has 0 spiro atoms. The number of amides is 1. The van der Waals surface area contributed by atoms with Crippen molar-refractivity contribution in [3.63, 3.8) is 0 Å². The van der Waals surface area contributed by atoms with Crippen molar-refractivity contribution >= 4 is 23.2 Å². The van der Waals surface area contributed by atoms with Crippen LogP contribution in [0.3, 0.4) is 0 Å². The minimum absolute atomic E-state index is 0.0206. The third kappa shape index (κ3) is 5.09. The maximum absolute atomic E-state index is 14.5. The molecule has 3 N–H and O–H groups in total. The number of nitrogens with one attached hydrogen (secondary N) is 3. The SMILES string of the molecule is CCN(CC)c1ccc(CNC(=NC)NCC2CC(=O)Nc3ccccc32)cc1F. The molecule has 7 heteroatoms. The van der Waals surface area contributed by atoms with Gasteiger partial charge in [0.15, 0.2) is 5.96 Å². The zero-order valence-corrected chi connectivity index (χ0v) is 17.8. The number of rotatable bonds is 7. The number of nitrogens with zero attached hydrogens (tertiary/aromatic N) is 2. The van der Waals surface area contributed by atoms with Crippen LogP contribution in [0.15, 0.2) is 47.5 Å². The fourth-order valence-corrected chi connectivity index (χ4v) is 3.79. The van der Waals surface area contributed by atoms with E-state index in [-0.39, 0.29) is 17.6 Å². The smallest absolute Gasteiger partial charge is 0.225 e. The summed E-state index contributed by atoms with van der Waals surface area (Å²) in [4.78, 5) is 18.2. The first-order chi connectivity index (χ1) is 14.5. The van der Waals surface area contributed by atoms with Gasteiger partial charge in [0.1, 0.15) is 5.82 Å². The maximum Gasteiger partial charge on any atom is 0.225 e. The van der Waals surface area contributed by atoms with Gasteiger partial charge in [-0.05, 0) is 43.2 Å². The third-order valence-corrected chi connectivity index (χ3v) is 5.42. The second-order valence-electron chi connectivity index (χ2n) is 7.30. The average molecular weight is 412 g/mol. The summed E-state index contributed by atoms with van der Waals surface area (Å²) in [5, 5.41) is 9.43. The number of hydrogen-bond acceptors (Lipinski definition) is 3. The quantitative estimate of drug-likeness (QED) is 0.482. The Morgan fingerprint density at radius 3 is 2.67 bits per heavy atom. The third-order valence-electron chi connectivity index (χ3n) is 5.42. The van der Waals surface area contributed by atoms with E-state index in [0.717, 1.165) is 29.9 Å². The Labute approximate surface area is 177 Å². The van der Waals surface area contributed by atoms with Crippen LogP contribution in [0.2, 0.25) is 0 Å². The molecule has 1 aliphatic heterocycles. The molecule has 1 aliphatic rings. The molecule has 1 unspecified atom stereocenters. The van der Waals surface area contributed by atoms with E-state index in [2.05, 4.69) is 20.9 Å². The molecule has 160 valence electrons. The summed E-state index contributed by atoms with van der Waals surface area (Å²) in [6.07, 6.45) is 0.430. The van der Waals surface area contributed by atoms with Gasteiger partial charge in [0.2, 0.25) is 5.91 Å². The average Bonchev–Trinajstić information content (AvgIpc) is 2.75. The van der Waals surface area contributed by atoms with Crippen molar-refractivity contribution in [2.75, 3.05) is 36.9 Å². The Kier molecular flexibility index (Phi) is 7.27. The topological polar surface area (TPSA) is 68.8 Å². The van der Waals surface area contributed by atoms with Gasteiger partial charge in [-0.25, -0.2) is 4.39 Å². The number of halogens is 1. The lowest BCUT2D eigenvalue weighted by molar-refractivity contribution is -0.116. The summed E-state index contributed by atoms with van der Waals surface area (Å²) >= 11 is 0. The summed E-state index contributed by atoms with van der Waals surface area (Å²) < 4.78 is 14.5. The maximum atomic E-state index is 14.5.